The van der Waals surface area contributed by atoms with E-state index in [2.05, 4.69) is 181 Å². The average molecular weight is 553 g/mol. The van der Waals surface area contributed by atoms with Crippen LogP contribution in [0.4, 0.5) is 17.1 Å². The summed E-state index contributed by atoms with van der Waals surface area (Å²) in [5, 5.41) is 1.21. The molecule has 1 aromatic heterocycles. The van der Waals surface area contributed by atoms with Gasteiger partial charge in [-0.1, -0.05) is 105 Å². The Kier molecular flexibility index (Phi) is 5.84. The monoisotopic (exact) mass is 552 g/mol. The van der Waals surface area contributed by atoms with Crippen molar-refractivity contribution in [1.29, 1.82) is 0 Å². The van der Waals surface area contributed by atoms with E-state index in [0.717, 1.165) is 17.1 Å². The number of rotatable bonds is 5. The number of para-hydroxylation sites is 1. The standard InChI is InChI=1S/C41H32N2/c1-41(2)38-16-10-9-15-36(38)37-23-21-35(28-39(37)41)43(33-19-17-30(18-20-33)29-11-5-3-6-12-29)34-22-24-40-31(27-34)25-26-42(40)32-13-7-4-8-14-32/h3-28H,1-2H3. The van der Waals surface area contributed by atoms with Crippen LogP contribution >= 0.6 is 0 Å². The van der Waals surface area contributed by atoms with Crippen molar-refractivity contribution in [3.63, 3.8) is 0 Å². The van der Waals surface area contributed by atoms with Gasteiger partial charge in [0.1, 0.15) is 0 Å². The van der Waals surface area contributed by atoms with Crippen LogP contribution in [0.25, 0.3) is 38.8 Å². The lowest BCUT2D eigenvalue weighted by Crippen LogP contribution is -2.16. The van der Waals surface area contributed by atoms with Crippen LogP contribution < -0.4 is 4.90 Å². The van der Waals surface area contributed by atoms with Gasteiger partial charge in [0, 0.05) is 39.7 Å². The van der Waals surface area contributed by atoms with Crippen LogP contribution in [-0.2, 0) is 5.41 Å². The first-order valence-electron chi connectivity index (χ1n) is 14.9. The van der Waals surface area contributed by atoms with E-state index in [0.29, 0.717) is 0 Å². The quantitative estimate of drug-likeness (QED) is 0.206. The maximum atomic E-state index is 2.40. The molecule has 0 fully saturated rings. The van der Waals surface area contributed by atoms with E-state index in [9.17, 15) is 0 Å². The zero-order valence-corrected chi connectivity index (χ0v) is 24.4. The van der Waals surface area contributed by atoms with Gasteiger partial charge in [-0.15, -0.1) is 0 Å². The third kappa shape index (κ3) is 4.18. The van der Waals surface area contributed by atoms with Crippen LogP contribution in [0.2, 0.25) is 0 Å². The smallest absolute Gasteiger partial charge is 0.0529 e. The van der Waals surface area contributed by atoms with Gasteiger partial charge in [-0.2, -0.15) is 0 Å². The molecule has 6 aromatic carbocycles. The second kappa shape index (κ2) is 9.89. The second-order valence-corrected chi connectivity index (χ2v) is 11.9. The number of nitrogens with zero attached hydrogens (tertiary/aromatic N) is 2. The van der Waals surface area contributed by atoms with E-state index >= 15 is 0 Å². The van der Waals surface area contributed by atoms with Crippen LogP contribution in [-0.4, -0.2) is 4.57 Å². The Hall–Kier alpha value is -5.34. The van der Waals surface area contributed by atoms with Gasteiger partial charge in [0.25, 0.3) is 0 Å². The topological polar surface area (TPSA) is 8.17 Å². The van der Waals surface area contributed by atoms with Gasteiger partial charge in [-0.05, 0) is 94.0 Å². The molecule has 0 amide bonds. The molecule has 1 aliphatic rings. The number of fused-ring (bicyclic) bond motifs is 4. The number of anilines is 3. The molecule has 8 rings (SSSR count). The summed E-state index contributed by atoms with van der Waals surface area (Å²) in [6.45, 7) is 4.69. The second-order valence-electron chi connectivity index (χ2n) is 11.9. The van der Waals surface area contributed by atoms with Crippen molar-refractivity contribution < 1.29 is 0 Å². The molecular weight excluding hydrogens is 520 g/mol. The zero-order chi connectivity index (χ0) is 29.0. The van der Waals surface area contributed by atoms with E-state index in [4.69, 9.17) is 0 Å². The fourth-order valence-electron chi connectivity index (χ4n) is 6.79. The minimum Gasteiger partial charge on any atom is -0.317 e. The molecule has 0 unspecified atom stereocenters. The van der Waals surface area contributed by atoms with Gasteiger partial charge < -0.3 is 9.47 Å². The molecule has 7 aromatic rings. The van der Waals surface area contributed by atoms with Crippen molar-refractivity contribution in [1.82, 2.24) is 4.57 Å². The summed E-state index contributed by atoms with van der Waals surface area (Å²) in [7, 11) is 0. The van der Waals surface area contributed by atoms with Crippen LogP contribution in [0.3, 0.4) is 0 Å². The highest BCUT2D eigenvalue weighted by molar-refractivity contribution is 5.90. The van der Waals surface area contributed by atoms with Crippen molar-refractivity contribution in [3.8, 4) is 27.9 Å². The Labute approximate surface area is 253 Å². The van der Waals surface area contributed by atoms with Gasteiger partial charge in [0.05, 0.1) is 5.52 Å². The Bertz CT molecular complexity index is 2080. The molecular formula is C41H32N2. The van der Waals surface area contributed by atoms with Crippen molar-refractivity contribution >= 4 is 28.0 Å². The first-order valence-corrected chi connectivity index (χ1v) is 14.9. The minimum atomic E-state index is -0.0678. The van der Waals surface area contributed by atoms with Gasteiger partial charge in [-0.3, -0.25) is 0 Å². The largest absolute Gasteiger partial charge is 0.317 e. The summed E-state index contributed by atoms with van der Waals surface area (Å²) >= 11 is 0. The molecule has 0 N–H and O–H groups in total. The SMILES string of the molecule is CC1(C)c2ccccc2-c2ccc(N(c3ccc(-c4ccccc4)cc3)c3ccc4c(ccn4-c4ccccc4)c3)cc21. The highest BCUT2D eigenvalue weighted by Crippen LogP contribution is 2.50. The molecule has 206 valence electrons. The Balaban J connectivity index is 1.27. The average Bonchev–Trinajstić information content (AvgIpc) is 3.58. The van der Waals surface area contributed by atoms with Gasteiger partial charge in [0.2, 0.25) is 0 Å². The maximum absolute atomic E-state index is 2.40. The first kappa shape index (κ1) is 25.4. The predicted molar refractivity (Wildman–Crippen MR) is 181 cm³/mol. The highest BCUT2D eigenvalue weighted by atomic mass is 15.1. The summed E-state index contributed by atoms with van der Waals surface area (Å²) in [5.74, 6) is 0. The van der Waals surface area contributed by atoms with Crippen LogP contribution in [0.5, 0.6) is 0 Å². The molecule has 1 aliphatic carbocycles. The summed E-state index contributed by atoms with van der Waals surface area (Å²) in [4.78, 5) is 2.40. The molecule has 0 aliphatic heterocycles. The molecule has 0 saturated carbocycles. The number of benzene rings is 6. The van der Waals surface area contributed by atoms with E-state index < -0.39 is 0 Å². The number of aromatic nitrogens is 1. The molecule has 0 saturated heterocycles. The minimum absolute atomic E-state index is 0.0678. The number of hydrogen-bond acceptors (Lipinski definition) is 1. The summed E-state index contributed by atoms with van der Waals surface area (Å²) in [5.41, 5.74) is 13.6. The Morgan fingerprint density at radius 2 is 1.09 bits per heavy atom. The molecule has 0 atom stereocenters. The normalized spacial score (nSPS) is 13.1. The van der Waals surface area contributed by atoms with E-state index in [1.807, 2.05) is 0 Å². The first-order chi connectivity index (χ1) is 21.1. The third-order valence-corrected chi connectivity index (χ3v) is 9.02. The lowest BCUT2D eigenvalue weighted by atomic mass is 9.82. The fraction of sp³-hybridized carbons (Fsp3) is 0.0732. The Morgan fingerprint density at radius 3 is 1.88 bits per heavy atom. The van der Waals surface area contributed by atoms with E-state index in [1.54, 1.807) is 0 Å². The molecule has 2 nitrogen and oxygen atoms in total. The molecule has 0 radical (unpaired) electrons. The predicted octanol–water partition coefficient (Wildman–Crippen LogP) is 11.1. The van der Waals surface area contributed by atoms with Crippen molar-refractivity contribution in [2.45, 2.75) is 19.3 Å². The van der Waals surface area contributed by atoms with Crippen molar-refractivity contribution in [3.05, 3.63) is 169 Å². The molecule has 1 heterocycles. The van der Waals surface area contributed by atoms with E-state index in [1.165, 1.54) is 50.0 Å². The van der Waals surface area contributed by atoms with Crippen LogP contribution in [0, 0.1) is 0 Å². The van der Waals surface area contributed by atoms with Gasteiger partial charge in [0.15, 0.2) is 0 Å². The molecule has 0 bridgehead atoms. The summed E-state index contributed by atoms with van der Waals surface area (Å²) in [6, 6.07) is 54.9. The van der Waals surface area contributed by atoms with Gasteiger partial charge in [-0.25, -0.2) is 0 Å². The summed E-state index contributed by atoms with van der Waals surface area (Å²) < 4.78 is 2.26. The highest BCUT2D eigenvalue weighted by Gasteiger charge is 2.35. The van der Waals surface area contributed by atoms with Gasteiger partial charge >= 0.3 is 0 Å². The molecule has 0 spiro atoms. The molecule has 43 heavy (non-hydrogen) atoms. The van der Waals surface area contributed by atoms with Crippen molar-refractivity contribution in [2.24, 2.45) is 0 Å². The fourth-order valence-corrected chi connectivity index (χ4v) is 6.79. The Morgan fingerprint density at radius 1 is 0.488 bits per heavy atom. The maximum Gasteiger partial charge on any atom is 0.0529 e. The third-order valence-electron chi connectivity index (χ3n) is 9.02. The van der Waals surface area contributed by atoms with E-state index in [-0.39, 0.29) is 5.41 Å². The lowest BCUT2D eigenvalue weighted by Gasteiger charge is -2.28. The number of hydrogen-bond donors (Lipinski definition) is 0. The van der Waals surface area contributed by atoms with Crippen LogP contribution in [0.15, 0.2) is 158 Å². The van der Waals surface area contributed by atoms with Crippen molar-refractivity contribution in [2.75, 3.05) is 4.90 Å². The zero-order valence-electron chi connectivity index (χ0n) is 24.4. The lowest BCUT2D eigenvalue weighted by molar-refractivity contribution is 0.660. The molecule has 2 heteroatoms. The summed E-state index contributed by atoms with van der Waals surface area (Å²) in [6.07, 6.45) is 2.16. The van der Waals surface area contributed by atoms with Crippen LogP contribution in [0.1, 0.15) is 25.0 Å².